The first-order valence-electron chi connectivity index (χ1n) is 4.88. The van der Waals surface area contributed by atoms with Gasteiger partial charge in [-0.25, -0.2) is 14.3 Å². The van der Waals surface area contributed by atoms with Gasteiger partial charge in [-0.05, 0) is 18.6 Å². The van der Waals surface area contributed by atoms with E-state index in [4.69, 9.17) is 5.84 Å². The van der Waals surface area contributed by atoms with Crippen molar-refractivity contribution in [2.24, 2.45) is 5.84 Å². The van der Waals surface area contributed by atoms with Gasteiger partial charge in [0.25, 0.3) is 0 Å². The van der Waals surface area contributed by atoms with Crippen molar-refractivity contribution in [3.05, 3.63) is 30.3 Å². The summed E-state index contributed by atoms with van der Waals surface area (Å²) >= 11 is 0. The van der Waals surface area contributed by atoms with Gasteiger partial charge in [0.1, 0.15) is 0 Å². The van der Waals surface area contributed by atoms with Crippen LogP contribution in [0.15, 0.2) is 30.3 Å². The number of anilines is 1. The number of rotatable bonds is 2. The quantitative estimate of drug-likeness (QED) is 0.591. The third-order valence-corrected chi connectivity index (χ3v) is 4.41. The van der Waals surface area contributed by atoms with Crippen molar-refractivity contribution in [2.45, 2.75) is 12.5 Å². The third kappa shape index (κ3) is 2.30. The smallest absolute Gasteiger partial charge is 0.152 e. The molecule has 1 fully saturated rings. The van der Waals surface area contributed by atoms with Crippen LogP contribution in [0.1, 0.15) is 6.42 Å². The Bertz CT molecular complexity index is 430. The lowest BCUT2D eigenvalue weighted by molar-refractivity contribution is 0.600. The van der Waals surface area contributed by atoms with Gasteiger partial charge in [0.05, 0.1) is 23.2 Å². The van der Waals surface area contributed by atoms with Crippen LogP contribution < -0.4 is 10.9 Å². The maximum absolute atomic E-state index is 11.3. The van der Waals surface area contributed by atoms with Crippen LogP contribution in [0.5, 0.6) is 0 Å². The predicted octanol–water partition coefficient (Wildman–Crippen LogP) is 0.554. The highest BCUT2D eigenvalue weighted by Crippen LogP contribution is 2.20. The molecular formula is C10H14N2O2S. The summed E-state index contributed by atoms with van der Waals surface area (Å²) in [6.07, 6.45) is 0.619. The van der Waals surface area contributed by atoms with E-state index in [1.165, 1.54) is 0 Å². The Balaban J connectivity index is 2.14. The van der Waals surface area contributed by atoms with Crippen molar-refractivity contribution in [2.75, 3.05) is 16.5 Å². The van der Waals surface area contributed by atoms with Crippen molar-refractivity contribution in [3.8, 4) is 0 Å². The Kier molecular flexibility index (Phi) is 2.67. The Morgan fingerprint density at radius 2 is 1.93 bits per heavy atom. The molecule has 2 rings (SSSR count). The van der Waals surface area contributed by atoms with E-state index in [-0.39, 0.29) is 17.5 Å². The van der Waals surface area contributed by atoms with Gasteiger partial charge in [-0.15, -0.1) is 0 Å². The van der Waals surface area contributed by atoms with Gasteiger partial charge in [-0.3, -0.25) is 0 Å². The van der Waals surface area contributed by atoms with E-state index in [9.17, 15) is 8.42 Å². The Hall–Kier alpha value is -1.07. The number of hydrogen-bond donors (Lipinski definition) is 1. The van der Waals surface area contributed by atoms with E-state index in [1.54, 1.807) is 5.01 Å². The summed E-state index contributed by atoms with van der Waals surface area (Å²) in [5.41, 5.74) is 0.861. The van der Waals surface area contributed by atoms with Crippen molar-refractivity contribution < 1.29 is 8.42 Å². The van der Waals surface area contributed by atoms with Crippen molar-refractivity contribution >= 4 is 15.5 Å². The fourth-order valence-electron chi connectivity index (χ4n) is 1.81. The Morgan fingerprint density at radius 1 is 1.27 bits per heavy atom. The summed E-state index contributed by atoms with van der Waals surface area (Å²) in [5, 5.41) is 1.56. The van der Waals surface area contributed by atoms with Gasteiger partial charge < -0.3 is 5.01 Å². The molecular weight excluding hydrogens is 212 g/mol. The van der Waals surface area contributed by atoms with Crippen LogP contribution >= 0.6 is 0 Å². The van der Waals surface area contributed by atoms with Crippen LogP contribution in [-0.2, 0) is 9.84 Å². The molecule has 2 N–H and O–H groups in total. The SMILES string of the molecule is NN(c1ccccc1)C1CCS(=O)(=O)C1. The minimum atomic E-state index is -2.87. The van der Waals surface area contributed by atoms with Crippen LogP contribution in [0.25, 0.3) is 0 Å². The number of para-hydroxylation sites is 1. The zero-order valence-electron chi connectivity index (χ0n) is 8.33. The number of nitrogens with two attached hydrogens (primary N) is 1. The molecule has 5 heteroatoms. The second kappa shape index (κ2) is 3.83. The Morgan fingerprint density at radius 3 is 2.47 bits per heavy atom. The van der Waals surface area contributed by atoms with Gasteiger partial charge in [-0.1, -0.05) is 18.2 Å². The highest BCUT2D eigenvalue weighted by molar-refractivity contribution is 7.91. The molecule has 1 aliphatic heterocycles. The van der Waals surface area contributed by atoms with Gasteiger partial charge in [0.2, 0.25) is 0 Å². The van der Waals surface area contributed by atoms with Crippen molar-refractivity contribution in [1.82, 2.24) is 0 Å². The number of benzene rings is 1. The number of hydrazine groups is 1. The minimum absolute atomic E-state index is 0.0857. The lowest BCUT2D eigenvalue weighted by Gasteiger charge is -2.24. The first-order valence-corrected chi connectivity index (χ1v) is 6.70. The normalized spacial score (nSPS) is 23.9. The number of hydrogen-bond acceptors (Lipinski definition) is 4. The van der Waals surface area contributed by atoms with Crippen molar-refractivity contribution in [3.63, 3.8) is 0 Å². The molecule has 1 aromatic rings. The summed E-state index contributed by atoms with van der Waals surface area (Å²) in [7, 11) is -2.87. The maximum atomic E-state index is 11.3. The average Bonchev–Trinajstić information content (AvgIpc) is 2.59. The van der Waals surface area contributed by atoms with E-state index in [1.807, 2.05) is 30.3 Å². The fourth-order valence-corrected chi connectivity index (χ4v) is 3.52. The molecule has 0 aromatic heterocycles. The van der Waals surface area contributed by atoms with Gasteiger partial charge >= 0.3 is 0 Å². The van der Waals surface area contributed by atoms with E-state index < -0.39 is 9.84 Å². The molecule has 0 radical (unpaired) electrons. The molecule has 0 amide bonds. The van der Waals surface area contributed by atoms with E-state index in [2.05, 4.69) is 0 Å². The van der Waals surface area contributed by atoms with Crippen LogP contribution in [0.4, 0.5) is 5.69 Å². The molecule has 1 saturated heterocycles. The highest BCUT2D eigenvalue weighted by atomic mass is 32.2. The highest BCUT2D eigenvalue weighted by Gasteiger charge is 2.31. The summed E-state index contributed by atoms with van der Waals surface area (Å²) in [4.78, 5) is 0. The van der Waals surface area contributed by atoms with Crippen molar-refractivity contribution in [1.29, 1.82) is 0 Å². The van der Waals surface area contributed by atoms with E-state index >= 15 is 0 Å². The first-order chi connectivity index (χ1) is 7.08. The van der Waals surface area contributed by atoms with E-state index in [0.29, 0.717) is 6.42 Å². The minimum Gasteiger partial charge on any atom is -0.307 e. The molecule has 82 valence electrons. The third-order valence-electron chi connectivity index (χ3n) is 2.66. The molecule has 4 nitrogen and oxygen atoms in total. The van der Waals surface area contributed by atoms with Gasteiger partial charge in [-0.2, -0.15) is 0 Å². The second-order valence-corrected chi connectivity index (χ2v) is 6.03. The number of sulfone groups is 1. The predicted molar refractivity (Wildman–Crippen MR) is 60.2 cm³/mol. The standard InChI is InChI=1S/C10H14N2O2S/c11-12(9-4-2-1-3-5-9)10-6-7-15(13,14)8-10/h1-5,10H,6-8,11H2. The second-order valence-electron chi connectivity index (χ2n) is 3.80. The molecule has 0 bridgehead atoms. The van der Waals surface area contributed by atoms with Gasteiger partial charge in [0, 0.05) is 0 Å². The average molecular weight is 226 g/mol. The maximum Gasteiger partial charge on any atom is 0.152 e. The lowest BCUT2D eigenvalue weighted by atomic mass is 10.2. The van der Waals surface area contributed by atoms with Crippen LogP contribution in [0, 0.1) is 0 Å². The summed E-state index contributed by atoms with van der Waals surface area (Å²) in [6.45, 7) is 0. The van der Waals surface area contributed by atoms with Crippen LogP contribution in [-0.4, -0.2) is 26.0 Å². The summed E-state index contributed by atoms with van der Waals surface area (Å²) in [5.74, 6) is 6.30. The molecule has 0 spiro atoms. The van der Waals surface area contributed by atoms with E-state index in [0.717, 1.165) is 5.69 Å². The topological polar surface area (TPSA) is 63.4 Å². The molecule has 0 saturated carbocycles. The molecule has 1 unspecified atom stereocenters. The van der Waals surface area contributed by atoms with Gasteiger partial charge in [0.15, 0.2) is 9.84 Å². The molecule has 1 aromatic carbocycles. The largest absolute Gasteiger partial charge is 0.307 e. The molecule has 1 aliphatic rings. The summed E-state index contributed by atoms with van der Waals surface area (Å²) < 4.78 is 22.6. The van der Waals surface area contributed by atoms with Crippen LogP contribution in [0.2, 0.25) is 0 Å². The first kappa shape index (κ1) is 10.4. The Labute approximate surface area is 89.6 Å². The zero-order valence-corrected chi connectivity index (χ0v) is 9.15. The monoisotopic (exact) mass is 226 g/mol. The van der Waals surface area contributed by atoms with Crippen LogP contribution in [0.3, 0.4) is 0 Å². The molecule has 1 heterocycles. The lowest BCUT2D eigenvalue weighted by Crippen LogP contribution is -2.41. The number of nitrogens with zero attached hydrogens (tertiary/aromatic N) is 1. The zero-order chi connectivity index (χ0) is 10.9. The fraction of sp³-hybridized carbons (Fsp3) is 0.400. The molecule has 0 aliphatic carbocycles. The molecule has 1 atom stereocenters. The molecule has 15 heavy (non-hydrogen) atoms. The summed E-state index contributed by atoms with van der Waals surface area (Å²) in [6, 6.07) is 9.35.